The van der Waals surface area contributed by atoms with Crippen molar-refractivity contribution in [1.29, 1.82) is 0 Å². The zero-order valence-corrected chi connectivity index (χ0v) is 13.0. The summed E-state index contributed by atoms with van der Waals surface area (Å²) in [7, 11) is -3.81. The van der Waals surface area contributed by atoms with Gasteiger partial charge in [0.1, 0.15) is 0 Å². The maximum atomic E-state index is 12.3. The third-order valence-corrected chi connectivity index (χ3v) is 5.74. The Kier molecular flexibility index (Phi) is 4.74. The quantitative estimate of drug-likeness (QED) is 0.879. The lowest BCUT2D eigenvalue weighted by Gasteiger charge is -2.13. The molecule has 5 nitrogen and oxygen atoms in total. The molecule has 1 N–H and O–H groups in total. The van der Waals surface area contributed by atoms with Gasteiger partial charge in [0.2, 0.25) is 0 Å². The van der Waals surface area contributed by atoms with E-state index in [-0.39, 0.29) is 12.2 Å². The summed E-state index contributed by atoms with van der Waals surface area (Å²) in [4.78, 5) is 15.4. The molecule has 1 atom stereocenters. The van der Waals surface area contributed by atoms with E-state index in [0.717, 1.165) is 5.01 Å². The maximum absolute atomic E-state index is 12.3. The van der Waals surface area contributed by atoms with Gasteiger partial charge in [-0.15, -0.1) is 11.3 Å². The van der Waals surface area contributed by atoms with Crippen LogP contribution < -0.4 is 0 Å². The topological polar surface area (TPSA) is 84.3 Å². The average molecular weight is 325 g/mol. The van der Waals surface area contributed by atoms with Crippen molar-refractivity contribution in [2.45, 2.75) is 24.3 Å². The minimum Gasteiger partial charge on any atom is -0.480 e. The van der Waals surface area contributed by atoms with Crippen LogP contribution in [0.25, 0.3) is 0 Å². The van der Waals surface area contributed by atoms with Crippen LogP contribution in [0, 0.1) is 6.92 Å². The first kappa shape index (κ1) is 15.7. The molecule has 112 valence electrons. The van der Waals surface area contributed by atoms with Crippen LogP contribution in [-0.2, 0) is 26.8 Å². The number of aromatic nitrogens is 1. The minimum absolute atomic E-state index is 0.0401. The lowest BCUT2D eigenvalue weighted by Crippen LogP contribution is -2.33. The number of aliphatic carboxylic acids is 1. The number of carbonyl (C=O) groups is 1. The number of hydrogen-bond donors (Lipinski definition) is 1. The van der Waals surface area contributed by atoms with Crippen molar-refractivity contribution >= 4 is 27.1 Å². The molecule has 2 rings (SSSR count). The molecule has 1 heterocycles. The molecule has 1 aromatic carbocycles. The van der Waals surface area contributed by atoms with Crippen LogP contribution in [0.3, 0.4) is 0 Å². The molecule has 1 unspecified atom stereocenters. The molecular formula is C14H15NO4S2. The van der Waals surface area contributed by atoms with Crippen molar-refractivity contribution in [1.82, 2.24) is 4.98 Å². The van der Waals surface area contributed by atoms with Crippen molar-refractivity contribution in [3.63, 3.8) is 0 Å². The normalized spacial score (nSPS) is 13.0. The largest absolute Gasteiger partial charge is 0.480 e. The zero-order valence-electron chi connectivity index (χ0n) is 11.4. The van der Waals surface area contributed by atoms with Crippen molar-refractivity contribution in [2.24, 2.45) is 0 Å². The molecule has 0 aliphatic carbocycles. The zero-order chi connectivity index (χ0) is 15.5. The third-order valence-electron chi connectivity index (χ3n) is 2.99. The van der Waals surface area contributed by atoms with Crippen molar-refractivity contribution < 1.29 is 18.3 Å². The molecule has 0 saturated heterocycles. The van der Waals surface area contributed by atoms with Crippen molar-refractivity contribution in [2.75, 3.05) is 0 Å². The van der Waals surface area contributed by atoms with Crippen molar-refractivity contribution in [3.8, 4) is 0 Å². The van der Waals surface area contributed by atoms with E-state index in [4.69, 9.17) is 0 Å². The van der Waals surface area contributed by atoms with Gasteiger partial charge < -0.3 is 5.11 Å². The Morgan fingerprint density at radius 3 is 2.52 bits per heavy atom. The predicted octanol–water partition coefficient (Wildman–Crippen LogP) is 2.06. The highest BCUT2D eigenvalue weighted by Gasteiger charge is 2.33. The number of carboxylic acid groups (broad SMARTS) is 1. The second-order valence-corrected chi connectivity index (χ2v) is 7.93. The van der Waals surface area contributed by atoms with E-state index in [1.807, 2.05) is 0 Å². The van der Waals surface area contributed by atoms with Gasteiger partial charge in [-0.1, -0.05) is 30.3 Å². The molecule has 0 spiro atoms. The van der Waals surface area contributed by atoms with Gasteiger partial charge in [-0.3, -0.25) is 4.79 Å². The summed E-state index contributed by atoms with van der Waals surface area (Å²) in [6, 6.07) is 8.75. The first-order chi connectivity index (χ1) is 9.88. The van der Waals surface area contributed by atoms with E-state index in [2.05, 4.69) is 4.98 Å². The lowest BCUT2D eigenvalue weighted by molar-refractivity contribution is -0.136. The second kappa shape index (κ2) is 6.36. The molecule has 0 saturated carbocycles. The first-order valence-corrected chi connectivity index (χ1v) is 8.87. The first-order valence-electron chi connectivity index (χ1n) is 6.28. The fourth-order valence-electron chi connectivity index (χ4n) is 1.98. The molecular weight excluding hydrogens is 310 g/mol. The fourth-order valence-corrected chi connectivity index (χ4v) is 4.21. The average Bonchev–Trinajstić information content (AvgIpc) is 2.81. The second-order valence-electron chi connectivity index (χ2n) is 4.68. The number of aryl methyl sites for hydroxylation is 1. The molecule has 0 amide bonds. The van der Waals surface area contributed by atoms with Crippen molar-refractivity contribution in [3.05, 3.63) is 52.0 Å². The van der Waals surface area contributed by atoms with E-state index in [9.17, 15) is 18.3 Å². The summed E-state index contributed by atoms with van der Waals surface area (Å²) < 4.78 is 24.7. The van der Waals surface area contributed by atoms with Gasteiger partial charge in [0.25, 0.3) is 0 Å². The Morgan fingerprint density at radius 1 is 1.33 bits per heavy atom. The summed E-state index contributed by atoms with van der Waals surface area (Å²) in [6.45, 7) is 1.78. The Hall–Kier alpha value is -1.73. The summed E-state index contributed by atoms with van der Waals surface area (Å²) in [5, 5.41) is 10.2. The number of sulfone groups is 1. The van der Waals surface area contributed by atoms with Gasteiger partial charge >= 0.3 is 5.97 Å². The molecule has 2 aromatic rings. The van der Waals surface area contributed by atoms with Crippen LogP contribution in [-0.4, -0.2) is 29.7 Å². The molecule has 21 heavy (non-hydrogen) atoms. The van der Waals surface area contributed by atoms with Gasteiger partial charge in [-0.25, -0.2) is 13.4 Å². The summed E-state index contributed by atoms with van der Waals surface area (Å²) in [5.41, 5.74) is 1.08. The number of nitrogens with zero attached hydrogens (tertiary/aromatic N) is 1. The van der Waals surface area contributed by atoms with Crippen LogP contribution in [0.2, 0.25) is 0 Å². The number of carboxylic acids is 1. The number of rotatable bonds is 6. The Morgan fingerprint density at radius 2 is 2.00 bits per heavy atom. The van der Waals surface area contributed by atoms with Gasteiger partial charge in [-0.05, 0) is 18.9 Å². The van der Waals surface area contributed by atoms with E-state index in [1.54, 1.807) is 42.6 Å². The Bertz CT molecular complexity index is 722. The minimum atomic E-state index is -3.81. The highest BCUT2D eigenvalue weighted by molar-refractivity contribution is 7.92. The number of thiazole rings is 1. The van der Waals surface area contributed by atoms with Crippen LogP contribution in [0.5, 0.6) is 0 Å². The van der Waals surface area contributed by atoms with Crippen LogP contribution in [0.1, 0.15) is 16.3 Å². The van der Waals surface area contributed by atoms with E-state index in [1.165, 1.54) is 11.3 Å². The molecule has 0 fully saturated rings. The van der Waals surface area contributed by atoms with Gasteiger partial charge in [0, 0.05) is 5.38 Å². The summed E-state index contributed by atoms with van der Waals surface area (Å²) >= 11 is 1.35. The maximum Gasteiger partial charge on any atom is 0.322 e. The van der Waals surface area contributed by atoms with Gasteiger partial charge in [0.05, 0.1) is 16.5 Å². The van der Waals surface area contributed by atoms with Gasteiger partial charge in [-0.2, -0.15) is 0 Å². The fraction of sp³-hybridized carbons (Fsp3) is 0.286. The molecule has 7 heteroatoms. The number of hydrogen-bond acceptors (Lipinski definition) is 5. The summed E-state index contributed by atoms with van der Waals surface area (Å²) in [6.07, 6.45) is -0.0401. The molecule has 0 aliphatic rings. The SMILES string of the molecule is Cc1nc(CS(=O)(=O)C(Cc2ccccc2)C(=O)O)cs1. The molecule has 0 radical (unpaired) electrons. The van der Waals surface area contributed by atoms with Gasteiger partial charge in [0.15, 0.2) is 15.1 Å². The molecule has 1 aromatic heterocycles. The van der Waals surface area contributed by atoms with Crippen LogP contribution in [0.4, 0.5) is 0 Å². The Labute approximate surface area is 127 Å². The molecule has 0 bridgehead atoms. The van der Waals surface area contributed by atoms with Crippen LogP contribution in [0.15, 0.2) is 35.7 Å². The van der Waals surface area contributed by atoms with Crippen LogP contribution >= 0.6 is 11.3 Å². The number of benzene rings is 1. The monoisotopic (exact) mass is 325 g/mol. The predicted molar refractivity (Wildman–Crippen MR) is 81.0 cm³/mol. The summed E-state index contributed by atoms with van der Waals surface area (Å²) in [5.74, 6) is -1.67. The van der Waals surface area contributed by atoms with E-state index in [0.29, 0.717) is 11.3 Å². The smallest absolute Gasteiger partial charge is 0.322 e. The highest BCUT2D eigenvalue weighted by Crippen LogP contribution is 2.17. The standard InChI is InChI=1S/C14H15NO4S2/c1-10-15-12(8-20-10)9-21(18,19)13(14(16)17)7-11-5-3-2-4-6-11/h2-6,8,13H,7,9H2,1H3,(H,16,17). The highest BCUT2D eigenvalue weighted by atomic mass is 32.2. The van der Waals surface area contributed by atoms with E-state index < -0.39 is 21.1 Å². The lowest BCUT2D eigenvalue weighted by atomic mass is 10.1. The third kappa shape index (κ3) is 4.12. The Balaban J connectivity index is 2.22. The molecule has 0 aliphatic heterocycles. The van der Waals surface area contributed by atoms with E-state index >= 15 is 0 Å².